The third-order valence-electron chi connectivity index (χ3n) is 11.8. The maximum atomic E-state index is 13.1. The third-order valence-corrected chi connectivity index (χ3v) is 12.9. The lowest BCUT2D eigenvalue weighted by molar-refractivity contribution is -0.137. The molecule has 0 bridgehead atoms. The molecule has 22 nitrogen and oxygen atoms in total. The van der Waals surface area contributed by atoms with Gasteiger partial charge in [0.2, 0.25) is 17.7 Å². The number of benzene rings is 2. The van der Waals surface area contributed by atoms with Crippen molar-refractivity contribution in [1.29, 1.82) is 0 Å². The summed E-state index contributed by atoms with van der Waals surface area (Å²) in [6.45, 7) is 10.8. The zero-order valence-electron chi connectivity index (χ0n) is 43.2. The van der Waals surface area contributed by atoms with Crippen molar-refractivity contribution >= 4 is 74.5 Å². The fourth-order valence-corrected chi connectivity index (χ4v) is 8.54. The van der Waals surface area contributed by atoms with Gasteiger partial charge in [0, 0.05) is 82.2 Å². The monoisotopic (exact) mass is 1050 g/mol. The van der Waals surface area contributed by atoms with Crippen LogP contribution >= 0.6 is 11.3 Å². The lowest BCUT2D eigenvalue weighted by atomic mass is 10.0. The van der Waals surface area contributed by atoms with E-state index in [1.807, 2.05) is 13.1 Å². The van der Waals surface area contributed by atoms with Gasteiger partial charge in [-0.15, -0.1) is 11.3 Å². The Labute approximate surface area is 435 Å². The number of likely N-dealkylation sites (N-methyl/N-ethyl adjacent to an activating group) is 3. The third kappa shape index (κ3) is 18.9. The number of hydrogen-bond donors (Lipinski definition) is 3. The fraction of sp³-hybridized carbons (Fsp3) is 0.549. The van der Waals surface area contributed by atoms with Crippen molar-refractivity contribution in [3.8, 4) is 5.75 Å². The molecule has 2 aliphatic heterocycles. The first-order valence-electron chi connectivity index (χ1n) is 24.6. The van der Waals surface area contributed by atoms with Crippen LogP contribution in [0.15, 0.2) is 47.9 Å². The summed E-state index contributed by atoms with van der Waals surface area (Å²) in [6.07, 6.45) is 2.35. The van der Waals surface area contributed by atoms with Crippen molar-refractivity contribution in [2.45, 2.75) is 46.3 Å². The quantitative estimate of drug-likeness (QED) is 0.0584. The molecule has 0 aliphatic carbocycles. The minimum absolute atomic E-state index is 0.0247. The molecule has 7 amide bonds. The number of imide groups is 1. The van der Waals surface area contributed by atoms with E-state index in [9.17, 15) is 33.6 Å². The van der Waals surface area contributed by atoms with Crippen LogP contribution in [0.2, 0.25) is 0 Å². The normalized spacial score (nSPS) is 13.4. The van der Waals surface area contributed by atoms with Gasteiger partial charge in [-0.3, -0.25) is 28.9 Å². The van der Waals surface area contributed by atoms with Gasteiger partial charge in [0.1, 0.15) is 12.6 Å². The zero-order valence-corrected chi connectivity index (χ0v) is 44.1. The van der Waals surface area contributed by atoms with Crippen molar-refractivity contribution in [2.75, 3.05) is 143 Å². The van der Waals surface area contributed by atoms with Gasteiger partial charge in [0.15, 0.2) is 5.75 Å². The fourth-order valence-electron chi connectivity index (χ4n) is 7.51. The van der Waals surface area contributed by atoms with Crippen LogP contribution in [0, 0.1) is 12.8 Å². The topological polar surface area (TPSA) is 242 Å². The Kier molecular flexibility index (Phi) is 24.5. The minimum Gasteiger partial charge on any atom is -0.445 e. The molecule has 0 fully saturated rings. The molecular weight excluding hydrogens is 983 g/mol. The average molecular weight is 1050 g/mol. The molecular formula is C51H71N7O15S. The van der Waals surface area contributed by atoms with E-state index in [2.05, 4.69) is 33.2 Å². The Bertz CT molecular complexity index is 2360. The van der Waals surface area contributed by atoms with Crippen molar-refractivity contribution in [2.24, 2.45) is 5.92 Å². The van der Waals surface area contributed by atoms with Gasteiger partial charge < -0.3 is 68.5 Å². The molecule has 23 heteroatoms. The van der Waals surface area contributed by atoms with E-state index in [1.54, 1.807) is 63.5 Å². The van der Waals surface area contributed by atoms with Gasteiger partial charge in [0.05, 0.1) is 97.1 Å². The number of carbonyl (C=O) groups is 7. The van der Waals surface area contributed by atoms with Crippen LogP contribution in [-0.2, 0) is 70.2 Å². The number of nitrogens with zero attached hydrogens (tertiary/aromatic N) is 4. The molecule has 2 aromatic carbocycles. The molecule has 74 heavy (non-hydrogen) atoms. The van der Waals surface area contributed by atoms with E-state index >= 15 is 0 Å². The smallest absolute Gasteiger partial charge is 0.415 e. The first-order valence-corrected chi connectivity index (χ1v) is 25.5. The van der Waals surface area contributed by atoms with Crippen molar-refractivity contribution < 1.29 is 71.5 Å². The molecule has 1 aromatic heterocycles. The summed E-state index contributed by atoms with van der Waals surface area (Å²) in [5.74, 6) is -1.76. The second-order valence-corrected chi connectivity index (χ2v) is 18.6. The Hall–Kier alpha value is -6.21. The van der Waals surface area contributed by atoms with Crippen LogP contribution in [0.1, 0.15) is 37.0 Å². The Morgan fingerprint density at radius 1 is 0.743 bits per heavy atom. The zero-order chi connectivity index (χ0) is 53.4. The molecule has 3 heterocycles. The van der Waals surface area contributed by atoms with Gasteiger partial charge in [0.25, 0.3) is 11.8 Å². The average Bonchev–Trinajstić information content (AvgIpc) is 4.06. The lowest BCUT2D eigenvalue weighted by Gasteiger charge is -2.22. The van der Waals surface area contributed by atoms with Gasteiger partial charge >= 0.3 is 12.2 Å². The molecule has 2 aliphatic rings. The maximum Gasteiger partial charge on any atom is 0.415 e. The summed E-state index contributed by atoms with van der Waals surface area (Å²) < 4.78 is 45.0. The highest BCUT2D eigenvalue weighted by atomic mass is 32.1. The van der Waals surface area contributed by atoms with Gasteiger partial charge in [-0.05, 0) is 53.5 Å². The Morgan fingerprint density at radius 2 is 1.30 bits per heavy atom. The molecule has 406 valence electrons. The van der Waals surface area contributed by atoms with E-state index in [4.69, 9.17) is 37.9 Å². The van der Waals surface area contributed by atoms with E-state index < -0.39 is 30.0 Å². The van der Waals surface area contributed by atoms with Crippen molar-refractivity contribution in [1.82, 2.24) is 25.3 Å². The van der Waals surface area contributed by atoms with Crippen LogP contribution in [0.25, 0.3) is 10.1 Å². The highest BCUT2D eigenvalue weighted by Gasteiger charge is 2.27. The molecule has 0 radical (unpaired) electrons. The first-order chi connectivity index (χ1) is 35.6. The Morgan fingerprint density at radius 3 is 1.88 bits per heavy atom. The van der Waals surface area contributed by atoms with Crippen molar-refractivity contribution in [3.05, 3.63) is 64.6 Å². The predicted octanol–water partition coefficient (Wildman–Crippen LogP) is 3.51. The van der Waals surface area contributed by atoms with Crippen LogP contribution in [-0.4, -0.2) is 196 Å². The maximum absolute atomic E-state index is 13.1. The van der Waals surface area contributed by atoms with E-state index in [-0.39, 0.29) is 82.7 Å². The number of ether oxygens (including phenoxy) is 8. The lowest BCUT2D eigenvalue weighted by Crippen LogP contribution is -2.51. The van der Waals surface area contributed by atoms with Crippen LogP contribution in [0.5, 0.6) is 5.75 Å². The summed E-state index contributed by atoms with van der Waals surface area (Å²) in [5.41, 5.74) is 4.65. The number of carbonyl (C=O) groups excluding carboxylic acids is 7. The van der Waals surface area contributed by atoms with Gasteiger partial charge in [-0.2, -0.15) is 0 Å². The minimum atomic E-state index is -0.871. The summed E-state index contributed by atoms with van der Waals surface area (Å²) in [5, 5.41) is 11.2. The van der Waals surface area contributed by atoms with Gasteiger partial charge in [-0.1, -0.05) is 26.0 Å². The van der Waals surface area contributed by atoms with E-state index in [1.165, 1.54) is 27.5 Å². The predicted molar refractivity (Wildman–Crippen MR) is 275 cm³/mol. The standard InChI is InChI=1S/C51H71N7O15S/c1-35(2)47(54-42(59)14-19-66-21-23-68-25-27-70-29-30-71-28-26-69-24-22-67-20-18-58-44(61)11-12-45(58)62)49(63)52-32-43(60)53-38-9-7-37(8-10-38)33-72-50(64)56(5)16-17-57(6)51(65)73-41-31-40-39(13-15-55(40)4)46-36(3)34-74-48(41)46/h7-12,31,34-35,47H,13-30,32-33H2,1-6H3,(H,52,63)(H,53,60)(H,54,59). The number of anilines is 2. The van der Waals surface area contributed by atoms with Crippen LogP contribution in [0.4, 0.5) is 21.0 Å². The first kappa shape index (κ1) is 58.7. The number of fused-ring (bicyclic) bond motifs is 3. The second-order valence-electron chi connectivity index (χ2n) is 17.8. The molecule has 0 saturated carbocycles. The number of thiophene rings is 1. The summed E-state index contributed by atoms with van der Waals surface area (Å²) in [6, 6.07) is 7.75. The molecule has 3 N–H and O–H groups in total. The summed E-state index contributed by atoms with van der Waals surface area (Å²) in [4.78, 5) is 93.2. The second kappa shape index (κ2) is 30.9. The molecule has 5 rings (SSSR count). The van der Waals surface area contributed by atoms with Crippen LogP contribution in [0.3, 0.4) is 0 Å². The number of nitrogens with one attached hydrogen (secondary N) is 3. The number of amides is 7. The highest BCUT2D eigenvalue weighted by Crippen LogP contribution is 2.44. The number of hydrogen-bond acceptors (Lipinski definition) is 17. The van der Waals surface area contributed by atoms with E-state index in [0.717, 1.165) is 39.2 Å². The summed E-state index contributed by atoms with van der Waals surface area (Å²) in [7, 11) is 5.23. The highest BCUT2D eigenvalue weighted by molar-refractivity contribution is 7.17. The molecule has 1 atom stereocenters. The van der Waals surface area contributed by atoms with Crippen molar-refractivity contribution in [3.63, 3.8) is 0 Å². The number of aryl methyl sites for hydroxylation is 1. The molecule has 0 spiro atoms. The van der Waals surface area contributed by atoms with E-state index in [0.29, 0.717) is 76.5 Å². The largest absolute Gasteiger partial charge is 0.445 e. The molecule has 3 aromatic rings. The Balaban J connectivity index is 0.840. The SMILES string of the molecule is Cc1csc2c(OC(=O)N(C)CCN(C)C(=O)OCc3ccc(NC(=O)CNC(=O)C(NC(=O)CCOCCOCCOCCOCCOCCOCCN4C(=O)C=CC4=O)C(C)C)cc3)cc3c(c12)CCN3C. The molecule has 1 unspecified atom stereocenters. The van der Waals surface area contributed by atoms with Crippen LogP contribution < -0.4 is 25.6 Å². The van der Waals surface area contributed by atoms with Gasteiger partial charge in [-0.25, -0.2) is 9.59 Å². The molecule has 0 saturated heterocycles. The number of rotatable bonds is 33. The summed E-state index contributed by atoms with van der Waals surface area (Å²) >= 11 is 1.56.